The van der Waals surface area contributed by atoms with E-state index in [-0.39, 0.29) is 5.78 Å². The zero-order chi connectivity index (χ0) is 17.7. The Hall–Kier alpha value is -2.63. The van der Waals surface area contributed by atoms with Gasteiger partial charge >= 0.3 is 0 Å². The number of hydrogen-bond acceptors (Lipinski definition) is 2. The van der Waals surface area contributed by atoms with Gasteiger partial charge in [0.15, 0.2) is 0 Å². The van der Waals surface area contributed by atoms with Gasteiger partial charge in [0.05, 0.1) is 0 Å². The second-order valence-corrected chi connectivity index (χ2v) is 6.33. The van der Waals surface area contributed by atoms with Crippen molar-refractivity contribution in [3.8, 4) is 11.8 Å². The summed E-state index contributed by atoms with van der Waals surface area (Å²) in [5.74, 6) is 5.61. The monoisotopic (exact) mass is 330 g/mol. The number of carbonyl (C=O) groups is 1. The molecular weight excluding hydrogens is 308 g/mol. The van der Waals surface area contributed by atoms with Crippen LogP contribution in [-0.4, -0.2) is 16.5 Å². The van der Waals surface area contributed by atoms with Crippen molar-refractivity contribution in [3.63, 3.8) is 0 Å². The minimum Gasteiger partial charge on any atom is -0.367 e. The number of rotatable bonds is 5. The Labute approximate surface area is 149 Å². The molecule has 0 saturated heterocycles. The molecule has 0 aromatic heterocycles. The zero-order valence-corrected chi connectivity index (χ0v) is 14.5. The topological polar surface area (TPSA) is 37.3 Å². The van der Waals surface area contributed by atoms with Crippen LogP contribution in [0.25, 0.3) is 5.57 Å². The Morgan fingerprint density at radius 3 is 2.28 bits per heavy atom. The van der Waals surface area contributed by atoms with Gasteiger partial charge in [-0.25, -0.2) is 0 Å². The van der Waals surface area contributed by atoms with Gasteiger partial charge in [-0.15, -0.1) is 0 Å². The quantitative estimate of drug-likeness (QED) is 0.835. The number of aliphatic hydroxyl groups is 1. The Morgan fingerprint density at radius 2 is 1.64 bits per heavy atom. The van der Waals surface area contributed by atoms with E-state index < -0.39 is 5.60 Å². The van der Waals surface area contributed by atoms with E-state index in [1.165, 1.54) is 0 Å². The summed E-state index contributed by atoms with van der Waals surface area (Å²) < 4.78 is 0. The molecule has 2 aromatic carbocycles. The molecule has 0 saturated carbocycles. The maximum absolute atomic E-state index is 12.6. The van der Waals surface area contributed by atoms with Crippen molar-refractivity contribution >= 4 is 11.4 Å². The lowest BCUT2D eigenvalue weighted by atomic mass is 9.68. The van der Waals surface area contributed by atoms with Gasteiger partial charge in [-0.2, -0.15) is 0 Å². The fourth-order valence-electron chi connectivity index (χ4n) is 3.17. The van der Waals surface area contributed by atoms with Gasteiger partial charge in [-0.05, 0) is 24.0 Å². The minimum atomic E-state index is -1.67. The van der Waals surface area contributed by atoms with Crippen LogP contribution in [0.2, 0.25) is 0 Å². The maximum atomic E-state index is 12.6. The maximum Gasteiger partial charge on any atom is 0.215 e. The normalized spacial score (nSPS) is 19.2. The third-order valence-corrected chi connectivity index (χ3v) is 4.51. The van der Waals surface area contributed by atoms with Crippen molar-refractivity contribution in [3.05, 3.63) is 77.4 Å². The second-order valence-electron chi connectivity index (χ2n) is 6.33. The SMILES string of the molecule is CCCCC1=C(c2ccccc2)C(O)(C#CCc2ccccc2)C1=O. The van der Waals surface area contributed by atoms with Crippen molar-refractivity contribution in [1.82, 2.24) is 0 Å². The van der Waals surface area contributed by atoms with E-state index in [0.717, 1.165) is 29.5 Å². The van der Waals surface area contributed by atoms with Gasteiger partial charge in [0.25, 0.3) is 0 Å². The number of Topliss-reactive ketones (excluding diaryl/α,β-unsaturated/α-hetero) is 1. The highest BCUT2D eigenvalue weighted by Gasteiger charge is 2.51. The number of ketones is 1. The van der Waals surface area contributed by atoms with E-state index in [1.807, 2.05) is 60.7 Å². The van der Waals surface area contributed by atoms with Crippen LogP contribution in [0.15, 0.2) is 66.2 Å². The summed E-state index contributed by atoms with van der Waals surface area (Å²) >= 11 is 0. The molecule has 1 atom stereocenters. The predicted octanol–water partition coefficient (Wildman–Crippen LogP) is 4.19. The highest BCUT2D eigenvalue weighted by molar-refractivity contribution is 6.26. The molecule has 2 aromatic rings. The number of unbranched alkanes of at least 4 members (excludes halogenated alkanes) is 1. The first-order valence-electron chi connectivity index (χ1n) is 8.77. The van der Waals surface area contributed by atoms with E-state index in [9.17, 15) is 9.90 Å². The summed E-state index contributed by atoms with van der Waals surface area (Å²) in [5, 5.41) is 11.0. The molecule has 0 aliphatic heterocycles. The van der Waals surface area contributed by atoms with E-state index in [1.54, 1.807) is 0 Å². The van der Waals surface area contributed by atoms with Gasteiger partial charge in [0, 0.05) is 17.6 Å². The fourth-order valence-corrected chi connectivity index (χ4v) is 3.17. The van der Waals surface area contributed by atoms with Crippen molar-refractivity contribution in [2.45, 2.75) is 38.2 Å². The molecule has 0 amide bonds. The van der Waals surface area contributed by atoms with Crippen molar-refractivity contribution < 1.29 is 9.90 Å². The molecule has 0 radical (unpaired) electrons. The van der Waals surface area contributed by atoms with Gasteiger partial charge in [0.2, 0.25) is 11.4 Å². The van der Waals surface area contributed by atoms with E-state index in [2.05, 4.69) is 18.8 Å². The summed E-state index contributed by atoms with van der Waals surface area (Å²) in [6.45, 7) is 2.09. The largest absolute Gasteiger partial charge is 0.367 e. The van der Waals surface area contributed by atoms with Crippen LogP contribution in [0, 0.1) is 11.8 Å². The first-order chi connectivity index (χ1) is 12.2. The van der Waals surface area contributed by atoms with Crippen molar-refractivity contribution in [1.29, 1.82) is 0 Å². The van der Waals surface area contributed by atoms with Crippen LogP contribution >= 0.6 is 0 Å². The molecule has 1 aliphatic rings. The van der Waals surface area contributed by atoms with Gasteiger partial charge < -0.3 is 5.11 Å². The average molecular weight is 330 g/mol. The minimum absolute atomic E-state index is 0.236. The lowest BCUT2D eigenvalue weighted by molar-refractivity contribution is -0.127. The van der Waals surface area contributed by atoms with E-state index in [0.29, 0.717) is 18.4 Å². The van der Waals surface area contributed by atoms with Crippen LogP contribution in [0.3, 0.4) is 0 Å². The highest BCUT2D eigenvalue weighted by atomic mass is 16.3. The van der Waals surface area contributed by atoms with E-state index >= 15 is 0 Å². The third-order valence-electron chi connectivity index (χ3n) is 4.51. The Morgan fingerprint density at radius 1 is 1.00 bits per heavy atom. The van der Waals surface area contributed by atoms with Crippen LogP contribution in [0.1, 0.15) is 37.3 Å². The number of benzene rings is 2. The molecule has 25 heavy (non-hydrogen) atoms. The summed E-state index contributed by atoms with van der Waals surface area (Å²) in [5.41, 5.74) is 1.70. The van der Waals surface area contributed by atoms with Crippen LogP contribution in [-0.2, 0) is 11.2 Å². The third kappa shape index (κ3) is 3.43. The van der Waals surface area contributed by atoms with Gasteiger partial charge in [-0.3, -0.25) is 4.79 Å². The zero-order valence-electron chi connectivity index (χ0n) is 14.5. The molecule has 1 N–H and O–H groups in total. The summed E-state index contributed by atoms with van der Waals surface area (Å²) in [4.78, 5) is 12.6. The Balaban J connectivity index is 1.91. The van der Waals surface area contributed by atoms with Crippen molar-refractivity contribution in [2.24, 2.45) is 0 Å². The highest BCUT2D eigenvalue weighted by Crippen LogP contribution is 2.44. The molecule has 0 spiro atoms. The Kier molecular flexibility index (Phi) is 5.16. The standard InChI is InChI=1S/C23H22O2/c1-2-3-16-20-21(19-14-8-5-9-15-19)23(25,22(20)24)17-10-13-18-11-6-4-7-12-18/h4-9,11-12,14-15,25H,2-3,13,16H2,1H3. The van der Waals surface area contributed by atoms with Gasteiger partial charge in [-0.1, -0.05) is 85.8 Å². The summed E-state index contributed by atoms with van der Waals surface area (Å²) in [6.07, 6.45) is 3.16. The molecule has 1 unspecified atom stereocenters. The van der Waals surface area contributed by atoms with Crippen molar-refractivity contribution in [2.75, 3.05) is 0 Å². The molecule has 0 bridgehead atoms. The lowest BCUT2D eigenvalue weighted by Crippen LogP contribution is -2.49. The number of carbonyl (C=O) groups excluding carboxylic acids is 1. The first-order valence-corrected chi connectivity index (χ1v) is 8.77. The molecule has 1 aliphatic carbocycles. The molecule has 2 nitrogen and oxygen atoms in total. The molecule has 0 heterocycles. The molecule has 2 heteroatoms. The number of hydrogen-bond donors (Lipinski definition) is 1. The molecule has 3 rings (SSSR count). The smallest absolute Gasteiger partial charge is 0.215 e. The molecule has 126 valence electrons. The predicted molar refractivity (Wildman–Crippen MR) is 101 cm³/mol. The van der Waals surface area contributed by atoms with Gasteiger partial charge in [0.1, 0.15) is 0 Å². The van der Waals surface area contributed by atoms with Crippen LogP contribution < -0.4 is 0 Å². The summed E-state index contributed by atoms with van der Waals surface area (Å²) in [6, 6.07) is 19.5. The fraction of sp³-hybridized carbons (Fsp3) is 0.261. The first kappa shape index (κ1) is 17.2. The average Bonchev–Trinajstić information content (AvgIpc) is 2.66. The van der Waals surface area contributed by atoms with E-state index in [4.69, 9.17) is 0 Å². The molecule has 0 fully saturated rings. The molecular formula is C23H22O2. The van der Waals surface area contributed by atoms with Crippen LogP contribution in [0.4, 0.5) is 0 Å². The summed E-state index contributed by atoms with van der Waals surface area (Å²) in [7, 11) is 0. The van der Waals surface area contributed by atoms with Crippen LogP contribution in [0.5, 0.6) is 0 Å². The Bertz CT molecular complexity index is 838. The lowest BCUT2D eigenvalue weighted by Gasteiger charge is -2.36. The second kappa shape index (κ2) is 7.51.